The van der Waals surface area contributed by atoms with Crippen molar-refractivity contribution in [1.82, 2.24) is 15.1 Å². The van der Waals surface area contributed by atoms with E-state index in [1.165, 1.54) is 0 Å². The number of halogens is 2. The van der Waals surface area contributed by atoms with Crippen LogP contribution in [0.1, 0.15) is 35.8 Å². The SMILES string of the molecule is CC(C)c1c(C(=O)Nc2ccc(N3CCNC(=O)C3)c(Cl)c2)cnn1-c1ccc(Cl)cc1. The van der Waals surface area contributed by atoms with Gasteiger partial charge in [0.1, 0.15) is 0 Å². The number of nitrogens with zero attached hydrogens (tertiary/aromatic N) is 3. The standard InChI is InChI=1S/C23H23Cl2N5O2/c1-14(2)22-18(12-27-30(22)17-6-3-15(24)4-7-17)23(32)28-16-5-8-20(19(25)11-16)29-10-9-26-21(31)13-29/h3-8,11-12,14H,9-10,13H2,1-2H3,(H,26,31)(H,28,32). The lowest BCUT2D eigenvalue weighted by Gasteiger charge is -2.29. The minimum atomic E-state index is -0.268. The van der Waals surface area contributed by atoms with Gasteiger partial charge in [-0.2, -0.15) is 5.10 Å². The summed E-state index contributed by atoms with van der Waals surface area (Å²) in [5.41, 5.74) is 3.45. The van der Waals surface area contributed by atoms with Crippen LogP contribution in [-0.4, -0.2) is 41.2 Å². The Kier molecular flexibility index (Phi) is 6.39. The zero-order valence-electron chi connectivity index (χ0n) is 17.7. The van der Waals surface area contributed by atoms with Crippen LogP contribution < -0.4 is 15.5 Å². The number of amides is 2. The molecule has 0 bridgehead atoms. The maximum atomic E-state index is 13.1. The fourth-order valence-electron chi connectivity index (χ4n) is 3.76. The average Bonchev–Trinajstić information content (AvgIpc) is 3.20. The summed E-state index contributed by atoms with van der Waals surface area (Å²) < 4.78 is 1.76. The van der Waals surface area contributed by atoms with Gasteiger partial charge in [0.2, 0.25) is 5.91 Å². The molecule has 32 heavy (non-hydrogen) atoms. The van der Waals surface area contributed by atoms with E-state index < -0.39 is 0 Å². The minimum Gasteiger partial charge on any atom is -0.359 e. The molecule has 3 aromatic rings. The number of benzene rings is 2. The van der Waals surface area contributed by atoms with Crippen molar-refractivity contribution in [2.45, 2.75) is 19.8 Å². The Morgan fingerprint density at radius 3 is 2.56 bits per heavy atom. The van der Waals surface area contributed by atoms with Gasteiger partial charge in [-0.15, -0.1) is 0 Å². The van der Waals surface area contributed by atoms with Crippen molar-refractivity contribution in [1.29, 1.82) is 0 Å². The zero-order chi connectivity index (χ0) is 22.8. The van der Waals surface area contributed by atoms with E-state index in [9.17, 15) is 9.59 Å². The molecule has 1 fully saturated rings. The summed E-state index contributed by atoms with van der Waals surface area (Å²) in [6.07, 6.45) is 1.57. The smallest absolute Gasteiger partial charge is 0.259 e. The third-order valence-electron chi connectivity index (χ3n) is 5.25. The van der Waals surface area contributed by atoms with Gasteiger partial charge in [0.25, 0.3) is 5.91 Å². The van der Waals surface area contributed by atoms with Crippen LogP contribution in [0.25, 0.3) is 5.69 Å². The van der Waals surface area contributed by atoms with Crippen LogP contribution in [0.3, 0.4) is 0 Å². The van der Waals surface area contributed by atoms with Crippen molar-refractivity contribution >= 4 is 46.4 Å². The van der Waals surface area contributed by atoms with Crippen molar-refractivity contribution in [3.05, 3.63) is 70.0 Å². The van der Waals surface area contributed by atoms with Gasteiger partial charge in [-0.3, -0.25) is 9.59 Å². The molecule has 1 aliphatic heterocycles. The number of hydrogen-bond donors (Lipinski definition) is 2. The number of hydrogen-bond acceptors (Lipinski definition) is 4. The van der Waals surface area contributed by atoms with E-state index in [-0.39, 0.29) is 24.3 Å². The van der Waals surface area contributed by atoms with E-state index >= 15 is 0 Å². The van der Waals surface area contributed by atoms with Gasteiger partial charge in [-0.1, -0.05) is 37.0 Å². The Hall–Kier alpha value is -3.03. The molecule has 1 saturated heterocycles. The molecule has 2 heterocycles. The lowest BCUT2D eigenvalue weighted by atomic mass is 10.0. The second-order valence-corrected chi connectivity index (χ2v) is 8.72. The molecule has 1 aliphatic rings. The van der Waals surface area contributed by atoms with Crippen molar-refractivity contribution in [2.75, 3.05) is 29.9 Å². The highest BCUT2D eigenvalue weighted by Crippen LogP contribution is 2.30. The summed E-state index contributed by atoms with van der Waals surface area (Å²) >= 11 is 12.5. The quantitative estimate of drug-likeness (QED) is 0.574. The molecular formula is C23H23Cl2N5O2. The van der Waals surface area contributed by atoms with Crippen LogP contribution in [0.2, 0.25) is 10.0 Å². The number of rotatable bonds is 5. The molecule has 2 aromatic carbocycles. The molecule has 0 radical (unpaired) electrons. The number of piperazine rings is 1. The number of nitrogens with one attached hydrogen (secondary N) is 2. The number of aromatic nitrogens is 2. The molecule has 0 spiro atoms. The van der Waals surface area contributed by atoms with Crippen molar-refractivity contribution in [3.63, 3.8) is 0 Å². The Morgan fingerprint density at radius 1 is 1.16 bits per heavy atom. The number of anilines is 2. The third kappa shape index (κ3) is 4.59. The van der Waals surface area contributed by atoms with E-state index in [0.717, 1.165) is 17.1 Å². The molecule has 0 unspecified atom stereocenters. The topological polar surface area (TPSA) is 79.3 Å². The van der Waals surface area contributed by atoms with Crippen LogP contribution in [0.15, 0.2) is 48.7 Å². The third-order valence-corrected chi connectivity index (χ3v) is 5.81. The Morgan fingerprint density at radius 2 is 1.91 bits per heavy atom. The van der Waals surface area contributed by atoms with E-state index in [2.05, 4.69) is 15.7 Å². The second kappa shape index (κ2) is 9.22. The molecule has 166 valence electrons. The van der Waals surface area contributed by atoms with E-state index in [0.29, 0.717) is 34.4 Å². The zero-order valence-corrected chi connectivity index (χ0v) is 19.2. The summed E-state index contributed by atoms with van der Waals surface area (Å²) in [6, 6.07) is 12.6. The van der Waals surface area contributed by atoms with Crippen molar-refractivity contribution in [2.24, 2.45) is 0 Å². The Bertz CT molecular complexity index is 1160. The maximum Gasteiger partial charge on any atom is 0.259 e. The Labute approximate surface area is 196 Å². The summed E-state index contributed by atoms with van der Waals surface area (Å²) in [5, 5.41) is 11.3. The van der Waals surface area contributed by atoms with Crippen molar-refractivity contribution in [3.8, 4) is 5.69 Å². The van der Waals surface area contributed by atoms with Crippen LogP contribution in [0.5, 0.6) is 0 Å². The monoisotopic (exact) mass is 471 g/mol. The average molecular weight is 472 g/mol. The summed E-state index contributed by atoms with van der Waals surface area (Å²) in [4.78, 5) is 26.7. The van der Waals surface area contributed by atoms with E-state index in [1.807, 2.05) is 36.9 Å². The van der Waals surface area contributed by atoms with Gasteiger partial charge in [0, 0.05) is 23.8 Å². The molecular weight excluding hydrogens is 449 g/mol. The summed E-state index contributed by atoms with van der Waals surface area (Å²) in [5.74, 6) is -0.246. The highest BCUT2D eigenvalue weighted by molar-refractivity contribution is 6.33. The van der Waals surface area contributed by atoms with Gasteiger partial charge in [0.15, 0.2) is 0 Å². The van der Waals surface area contributed by atoms with E-state index in [1.54, 1.807) is 35.1 Å². The highest BCUT2D eigenvalue weighted by Gasteiger charge is 2.22. The van der Waals surface area contributed by atoms with Crippen LogP contribution in [0.4, 0.5) is 11.4 Å². The highest BCUT2D eigenvalue weighted by atomic mass is 35.5. The molecule has 9 heteroatoms. The molecule has 1 aromatic heterocycles. The first-order valence-electron chi connectivity index (χ1n) is 10.3. The first-order valence-corrected chi connectivity index (χ1v) is 11.1. The molecule has 7 nitrogen and oxygen atoms in total. The maximum absolute atomic E-state index is 13.1. The predicted molar refractivity (Wildman–Crippen MR) is 127 cm³/mol. The van der Waals surface area contributed by atoms with Gasteiger partial charge < -0.3 is 15.5 Å². The molecule has 0 atom stereocenters. The largest absolute Gasteiger partial charge is 0.359 e. The molecule has 2 N–H and O–H groups in total. The van der Waals surface area contributed by atoms with Crippen LogP contribution in [-0.2, 0) is 4.79 Å². The minimum absolute atomic E-state index is 0.0383. The molecule has 0 aliphatic carbocycles. The van der Waals surface area contributed by atoms with Gasteiger partial charge in [0.05, 0.1) is 40.4 Å². The fraction of sp³-hybridized carbons (Fsp3) is 0.261. The summed E-state index contributed by atoms with van der Waals surface area (Å²) in [7, 11) is 0. The Balaban J connectivity index is 1.57. The van der Waals surface area contributed by atoms with Crippen LogP contribution in [0, 0.1) is 0 Å². The van der Waals surface area contributed by atoms with Crippen molar-refractivity contribution < 1.29 is 9.59 Å². The van der Waals surface area contributed by atoms with Crippen LogP contribution >= 0.6 is 23.2 Å². The lowest BCUT2D eigenvalue weighted by Crippen LogP contribution is -2.47. The normalized spacial score (nSPS) is 13.9. The van der Waals surface area contributed by atoms with Gasteiger partial charge in [-0.05, 0) is 48.4 Å². The number of carbonyl (C=O) groups is 2. The fourth-order valence-corrected chi connectivity index (χ4v) is 4.19. The lowest BCUT2D eigenvalue weighted by molar-refractivity contribution is -0.120. The summed E-state index contributed by atoms with van der Waals surface area (Å²) in [6.45, 7) is 5.54. The molecule has 4 rings (SSSR count). The van der Waals surface area contributed by atoms with Gasteiger partial charge in [-0.25, -0.2) is 4.68 Å². The second-order valence-electron chi connectivity index (χ2n) is 7.88. The molecule has 2 amide bonds. The van der Waals surface area contributed by atoms with E-state index in [4.69, 9.17) is 23.2 Å². The number of carbonyl (C=O) groups excluding carboxylic acids is 2. The van der Waals surface area contributed by atoms with Gasteiger partial charge >= 0.3 is 0 Å². The first-order chi connectivity index (χ1) is 15.3. The molecule has 0 saturated carbocycles. The predicted octanol–water partition coefficient (Wildman–Crippen LogP) is 4.49. The first kappa shape index (κ1) is 22.2.